The molecule has 0 saturated carbocycles. The number of thioether (sulfide) groups is 1. The molecule has 0 aliphatic heterocycles. The van der Waals surface area contributed by atoms with Crippen LogP contribution >= 0.6 is 23.1 Å². The molecule has 1 aromatic carbocycles. The second-order valence-corrected chi connectivity index (χ2v) is 8.49. The molecule has 1 atom stereocenters. The van der Waals surface area contributed by atoms with Crippen molar-refractivity contribution >= 4 is 38.9 Å². The van der Waals surface area contributed by atoms with Crippen LogP contribution in [0.1, 0.15) is 25.8 Å². The van der Waals surface area contributed by atoms with Gasteiger partial charge in [-0.15, -0.1) is 16.4 Å². The van der Waals surface area contributed by atoms with Gasteiger partial charge in [-0.05, 0) is 35.4 Å². The van der Waals surface area contributed by atoms with Crippen molar-refractivity contribution in [2.45, 2.75) is 37.7 Å². The standard InChI is InChI=1S/C17H18N6OS2/c1-10(2)9-23-17(20-21-22-23)25-11(3)15(24)12(8-18)16-19-13-6-4-5-7-14(13)26-16/h4-7,10-11,24H,9H2,1-3H3/b15-12+. The normalized spacial score (nSPS) is 13.7. The number of fused-ring (bicyclic) bond motifs is 1. The third-order valence-electron chi connectivity index (χ3n) is 3.58. The second kappa shape index (κ2) is 7.85. The van der Waals surface area contributed by atoms with Crippen LogP contribution in [0.15, 0.2) is 35.2 Å². The van der Waals surface area contributed by atoms with Gasteiger partial charge in [0, 0.05) is 6.54 Å². The molecule has 9 heteroatoms. The molecule has 7 nitrogen and oxygen atoms in total. The van der Waals surface area contributed by atoms with E-state index in [0.717, 1.165) is 10.2 Å². The Morgan fingerprint density at radius 2 is 2.12 bits per heavy atom. The Balaban J connectivity index is 1.88. The highest BCUT2D eigenvalue weighted by Gasteiger charge is 2.21. The molecule has 3 rings (SSSR count). The van der Waals surface area contributed by atoms with Crippen molar-refractivity contribution in [3.05, 3.63) is 35.0 Å². The monoisotopic (exact) mass is 386 g/mol. The van der Waals surface area contributed by atoms with Crippen LogP contribution in [0.3, 0.4) is 0 Å². The third-order valence-corrected chi connectivity index (χ3v) is 5.71. The van der Waals surface area contributed by atoms with Gasteiger partial charge < -0.3 is 5.11 Å². The number of benzene rings is 1. The molecule has 0 amide bonds. The Morgan fingerprint density at radius 1 is 1.35 bits per heavy atom. The van der Waals surface area contributed by atoms with E-state index in [1.54, 1.807) is 4.68 Å². The molecular formula is C17H18N6OS2. The van der Waals surface area contributed by atoms with E-state index in [1.165, 1.54) is 23.1 Å². The van der Waals surface area contributed by atoms with E-state index >= 15 is 0 Å². The van der Waals surface area contributed by atoms with Gasteiger partial charge in [0.1, 0.15) is 22.4 Å². The van der Waals surface area contributed by atoms with Gasteiger partial charge in [0.15, 0.2) is 0 Å². The number of aromatic nitrogens is 5. The number of thiazole rings is 1. The summed E-state index contributed by atoms with van der Waals surface area (Å²) in [5, 5.41) is 32.7. The molecule has 0 radical (unpaired) electrons. The first-order valence-corrected chi connectivity index (χ1v) is 9.81. The van der Waals surface area contributed by atoms with E-state index in [-0.39, 0.29) is 16.6 Å². The summed E-state index contributed by atoms with van der Waals surface area (Å²) < 4.78 is 2.69. The lowest BCUT2D eigenvalue weighted by Crippen LogP contribution is -2.10. The minimum absolute atomic E-state index is 0.0179. The average molecular weight is 387 g/mol. The van der Waals surface area contributed by atoms with Crippen molar-refractivity contribution in [3.63, 3.8) is 0 Å². The zero-order valence-corrected chi connectivity index (χ0v) is 16.3. The summed E-state index contributed by atoms with van der Waals surface area (Å²) in [5.74, 6) is 0.380. The van der Waals surface area contributed by atoms with Crippen LogP contribution < -0.4 is 0 Å². The number of allylic oxidation sites excluding steroid dienone is 1. The van der Waals surface area contributed by atoms with Gasteiger partial charge in [0.2, 0.25) is 5.16 Å². The summed E-state index contributed by atoms with van der Waals surface area (Å²) in [6.45, 7) is 6.67. The first-order valence-electron chi connectivity index (χ1n) is 8.11. The molecular weight excluding hydrogens is 368 g/mol. The number of aliphatic hydroxyl groups excluding tert-OH is 1. The summed E-state index contributed by atoms with van der Waals surface area (Å²) in [6, 6.07) is 9.75. The number of nitrogens with zero attached hydrogens (tertiary/aromatic N) is 6. The fourth-order valence-electron chi connectivity index (χ4n) is 2.35. The topological polar surface area (TPSA) is 101 Å². The highest BCUT2D eigenvalue weighted by Crippen LogP contribution is 2.32. The largest absolute Gasteiger partial charge is 0.510 e. The zero-order valence-electron chi connectivity index (χ0n) is 14.6. The first-order chi connectivity index (χ1) is 12.5. The number of hydrogen-bond donors (Lipinski definition) is 1. The lowest BCUT2D eigenvalue weighted by Gasteiger charge is -2.12. The summed E-state index contributed by atoms with van der Waals surface area (Å²) in [7, 11) is 0. The van der Waals surface area contributed by atoms with Crippen molar-refractivity contribution in [2.75, 3.05) is 0 Å². The third kappa shape index (κ3) is 3.86. The maximum atomic E-state index is 10.7. The first kappa shape index (κ1) is 18.4. The van der Waals surface area contributed by atoms with Gasteiger partial charge in [0.25, 0.3) is 0 Å². The van der Waals surface area contributed by atoms with Crippen LogP contribution in [-0.2, 0) is 6.54 Å². The number of nitriles is 1. The van der Waals surface area contributed by atoms with Crippen molar-refractivity contribution in [2.24, 2.45) is 5.92 Å². The minimum atomic E-state index is -0.381. The molecule has 0 spiro atoms. The molecule has 2 heterocycles. The number of tetrazole rings is 1. The van der Waals surface area contributed by atoms with Crippen LogP contribution in [0.5, 0.6) is 0 Å². The molecule has 0 aliphatic rings. The van der Waals surface area contributed by atoms with Crippen LogP contribution in [0.4, 0.5) is 0 Å². The predicted molar refractivity (Wildman–Crippen MR) is 103 cm³/mol. The fraction of sp³-hybridized carbons (Fsp3) is 0.353. The number of rotatable bonds is 6. The second-order valence-electron chi connectivity index (χ2n) is 6.16. The average Bonchev–Trinajstić information content (AvgIpc) is 3.21. The van der Waals surface area contributed by atoms with Gasteiger partial charge in [-0.1, -0.05) is 37.7 Å². The Morgan fingerprint density at radius 3 is 2.81 bits per heavy atom. The molecule has 0 bridgehead atoms. The van der Waals surface area contributed by atoms with E-state index in [9.17, 15) is 10.4 Å². The van der Waals surface area contributed by atoms with Gasteiger partial charge in [-0.2, -0.15) is 5.26 Å². The molecule has 0 aliphatic carbocycles. The Kier molecular flexibility index (Phi) is 5.54. The highest BCUT2D eigenvalue weighted by molar-refractivity contribution is 7.99. The molecule has 0 fully saturated rings. The van der Waals surface area contributed by atoms with Gasteiger partial charge in [-0.25, -0.2) is 9.67 Å². The summed E-state index contributed by atoms with van der Waals surface area (Å²) in [4.78, 5) is 4.46. The summed E-state index contributed by atoms with van der Waals surface area (Å²) in [6.07, 6.45) is 0. The quantitative estimate of drug-likeness (QED) is 0.389. The van der Waals surface area contributed by atoms with E-state index in [2.05, 4.69) is 40.4 Å². The minimum Gasteiger partial charge on any atom is -0.510 e. The number of hydrogen-bond acceptors (Lipinski definition) is 8. The Labute approximate surface area is 159 Å². The SMILES string of the molecule is CC(C)Cn1nnnc1SC(C)/C(O)=C(/C#N)c1nc2ccccc2s1. The van der Waals surface area contributed by atoms with Crippen LogP contribution in [0.25, 0.3) is 15.8 Å². The van der Waals surface area contributed by atoms with E-state index < -0.39 is 0 Å². The van der Waals surface area contributed by atoms with Gasteiger partial charge in [-0.3, -0.25) is 0 Å². The van der Waals surface area contributed by atoms with Gasteiger partial charge in [0.05, 0.1) is 15.5 Å². The molecule has 0 saturated heterocycles. The van der Waals surface area contributed by atoms with Crippen LogP contribution in [0.2, 0.25) is 0 Å². The zero-order chi connectivity index (χ0) is 18.7. The maximum absolute atomic E-state index is 10.7. The Bertz CT molecular complexity index is 951. The number of para-hydroxylation sites is 1. The van der Waals surface area contributed by atoms with Crippen LogP contribution in [-0.4, -0.2) is 35.5 Å². The van der Waals surface area contributed by atoms with Crippen molar-refractivity contribution in [3.8, 4) is 6.07 Å². The summed E-state index contributed by atoms with van der Waals surface area (Å²) >= 11 is 2.71. The molecule has 2 aromatic heterocycles. The van der Waals surface area contributed by atoms with Crippen molar-refractivity contribution < 1.29 is 5.11 Å². The maximum Gasteiger partial charge on any atom is 0.210 e. The van der Waals surface area contributed by atoms with Crippen molar-refractivity contribution in [1.29, 1.82) is 5.26 Å². The van der Waals surface area contributed by atoms with E-state index in [1.807, 2.05) is 31.2 Å². The molecule has 134 valence electrons. The molecule has 3 aromatic rings. The summed E-state index contributed by atoms with van der Waals surface area (Å²) in [5.41, 5.74) is 1.00. The highest BCUT2D eigenvalue weighted by atomic mass is 32.2. The van der Waals surface area contributed by atoms with Gasteiger partial charge >= 0.3 is 0 Å². The predicted octanol–water partition coefficient (Wildman–Crippen LogP) is 3.91. The lowest BCUT2D eigenvalue weighted by atomic mass is 10.2. The van der Waals surface area contributed by atoms with Crippen LogP contribution in [0, 0.1) is 17.2 Å². The fourth-order valence-corrected chi connectivity index (χ4v) is 4.18. The molecule has 1 N–H and O–H groups in total. The molecule has 26 heavy (non-hydrogen) atoms. The number of aliphatic hydroxyl groups is 1. The lowest BCUT2D eigenvalue weighted by molar-refractivity contribution is 0.401. The van der Waals surface area contributed by atoms with E-state index in [4.69, 9.17) is 0 Å². The smallest absolute Gasteiger partial charge is 0.210 e. The Hall–Kier alpha value is -2.44. The van der Waals surface area contributed by atoms with E-state index in [0.29, 0.717) is 22.6 Å². The van der Waals surface area contributed by atoms with Crippen molar-refractivity contribution in [1.82, 2.24) is 25.2 Å². The molecule has 1 unspecified atom stereocenters.